The zero-order chi connectivity index (χ0) is 14.6. The molecule has 1 atom stereocenters. The molecule has 0 spiro atoms. The van der Waals surface area contributed by atoms with E-state index in [0.29, 0.717) is 12.1 Å². The van der Waals surface area contributed by atoms with Crippen molar-refractivity contribution in [1.29, 1.82) is 0 Å². The van der Waals surface area contributed by atoms with E-state index >= 15 is 0 Å². The maximum absolute atomic E-state index is 12.9. The lowest BCUT2D eigenvalue weighted by atomic mass is 10.1. The molecule has 1 amide bonds. The molecule has 0 radical (unpaired) electrons. The van der Waals surface area contributed by atoms with Crippen molar-refractivity contribution in [1.82, 2.24) is 5.32 Å². The Morgan fingerprint density at radius 1 is 1.16 bits per heavy atom. The highest BCUT2D eigenvalue weighted by atomic mass is 19.2. The second-order valence-electron chi connectivity index (χ2n) is 3.59. The fraction of sp³-hybridized carbons (Fsp3) is 0.182. The number of hydrogen-bond acceptors (Lipinski definition) is 3. The molecule has 0 bridgehead atoms. The summed E-state index contributed by atoms with van der Waals surface area (Å²) in [5, 5.41) is 19.1. The van der Waals surface area contributed by atoms with Crippen LogP contribution >= 0.6 is 0 Å². The quantitative estimate of drug-likeness (QED) is 0.729. The number of carbonyl (C=O) groups excluding carboxylic acids is 1. The van der Waals surface area contributed by atoms with Crippen LogP contribution < -0.4 is 5.32 Å². The minimum absolute atomic E-state index is 0.310. The van der Waals surface area contributed by atoms with E-state index in [2.05, 4.69) is 0 Å². The normalized spacial score (nSPS) is 11.7. The van der Waals surface area contributed by atoms with E-state index in [1.807, 2.05) is 5.32 Å². The van der Waals surface area contributed by atoms with Crippen molar-refractivity contribution in [2.75, 3.05) is 0 Å². The van der Waals surface area contributed by atoms with Gasteiger partial charge in [0.1, 0.15) is 6.04 Å². The van der Waals surface area contributed by atoms with E-state index < -0.39 is 41.9 Å². The summed E-state index contributed by atoms with van der Waals surface area (Å²) in [5.41, 5.74) is -0.310. The van der Waals surface area contributed by atoms with E-state index in [9.17, 15) is 23.2 Å². The fourth-order valence-corrected chi connectivity index (χ4v) is 1.25. The largest absolute Gasteiger partial charge is 0.481 e. The predicted octanol–water partition coefficient (Wildman–Crippen LogP) is 0.622. The molecule has 0 aliphatic heterocycles. The fourth-order valence-electron chi connectivity index (χ4n) is 1.25. The molecule has 19 heavy (non-hydrogen) atoms. The summed E-state index contributed by atoms with van der Waals surface area (Å²) < 4.78 is 25.5. The van der Waals surface area contributed by atoms with Gasteiger partial charge in [-0.05, 0) is 18.2 Å². The summed E-state index contributed by atoms with van der Waals surface area (Å²) in [7, 11) is 0. The highest BCUT2D eigenvalue weighted by Gasteiger charge is 2.23. The number of hydrogen-bond donors (Lipinski definition) is 3. The van der Waals surface area contributed by atoms with Crippen LogP contribution in [-0.4, -0.2) is 34.1 Å². The highest BCUT2D eigenvalue weighted by molar-refractivity contribution is 5.97. The lowest BCUT2D eigenvalue weighted by Crippen LogP contribution is -2.42. The Morgan fingerprint density at radius 3 is 2.26 bits per heavy atom. The van der Waals surface area contributed by atoms with E-state index in [0.717, 1.165) is 6.07 Å². The second kappa shape index (κ2) is 5.89. The Morgan fingerprint density at radius 2 is 1.79 bits per heavy atom. The van der Waals surface area contributed by atoms with E-state index in [1.165, 1.54) is 0 Å². The SMILES string of the molecule is O=C(O)C[C@H](NC(=O)c1ccc(F)c(F)c1)C(=O)O. The van der Waals surface area contributed by atoms with E-state index in [4.69, 9.17) is 10.2 Å². The Labute approximate surface area is 105 Å². The molecule has 3 N–H and O–H groups in total. The van der Waals surface area contributed by atoms with Crippen molar-refractivity contribution < 1.29 is 33.4 Å². The van der Waals surface area contributed by atoms with Crippen LogP contribution in [-0.2, 0) is 9.59 Å². The zero-order valence-corrected chi connectivity index (χ0v) is 9.39. The van der Waals surface area contributed by atoms with Crippen molar-refractivity contribution in [2.24, 2.45) is 0 Å². The number of rotatable bonds is 5. The molecule has 0 heterocycles. The predicted molar refractivity (Wildman–Crippen MR) is 57.5 cm³/mol. The number of benzene rings is 1. The number of nitrogens with one attached hydrogen (secondary N) is 1. The average molecular weight is 273 g/mol. The molecular weight excluding hydrogens is 264 g/mol. The van der Waals surface area contributed by atoms with Crippen LogP contribution in [0.4, 0.5) is 8.78 Å². The van der Waals surface area contributed by atoms with Gasteiger partial charge in [-0.25, -0.2) is 13.6 Å². The van der Waals surface area contributed by atoms with Gasteiger partial charge in [-0.3, -0.25) is 9.59 Å². The number of halogens is 2. The van der Waals surface area contributed by atoms with Crippen LogP contribution in [0.1, 0.15) is 16.8 Å². The first-order chi connectivity index (χ1) is 8.81. The van der Waals surface area contributed by atoms with Crippen LogP contribution in [0.25, 0.3) is 0 Å². The minimum Gasteiger partial charge on any atom is -0.481 e. The molecule has 0 unspecified atom stereocenters. The third-order valence-corrected chi connectivity index (χ3v) is 2.16. The molecule has 0 fully saturated rings. The molecule has 0 aliphatic carbocycles. The first-order valence-electron chi connectivity index (χ1n) is 5.01. The topological polar surface area (TPSA) is 104 Å². The number of carboxylic acids is 2. The zero-order valence-electron chi connectivity index (χ0n) is 9.39. The van der Waals surface area contributed by atoms with Crippen LogP contribution in [0.3, 0.4) is 0 Å². The Bertz CT molecular complexity index is 532. The van der Waals surface area contributed by atoms with Crippen molar-refractivity contribution in [3.63, 3.8) is 0 Å². The first kappa shape index (κ1) is 14.6. The smallest absolute Gasteiger partial charge is 0.326 e. The average Bonchev–Trinajstić information content (AvgIpc) is 2.31. The Balaban J connectivity index is 2.84. The number of aliphatic carboxylic acids is 2. The minimum atomic E-state index is -1.65. The van der Waals surface area contributed by atoms with Gasteiger partial charge in [0.2, 0.25) is 0 Å². The maximum atomic E-state index is 12.9. The molecule has 1 aromatic carbocycles. The van der Waals surface area contributed by atoms with Crippen LogP contribution in [0, 0.1) is 11.6 Å². The van der Waals surface area contributed by atoms with Gasteiger partial charge < -0.3 is 15.5 Å². The van der Waals surface area contributed by atoms with Crippen molar-refractivity contribution in [3.8, 4) is 0 Å². The van der Waals surface area contributed by atoms with Gasteiger partial charge >= 0.3 is 11.9 Å². The summed E-state index contributed by atoms with van der Waals surface area (Å²) in [4.78, 5) is 32.7. The summed E-state index contributed by atoms with van der Waals surface area (Å²) >= 11 is 0. The summed E-state index contributed by atoms with van der Waals surface area (Å²) in [6.07, 6.45) is -0.829. The number of carbonyl (C=O) groups is 3. The van der Waals surface area contributed by atoms with Crippen molar-refractivity contribution in [2.45, 2.75) is 12.5 Å². The summed E-state index contributed by atoms with van der Waals surface area (Å²) in [6, 6.07) is 0.591. The number of amides is 1. The highest BCUT2D eigenvalue weighted by Crippen LogP contribution is 2.09. The third-order valence-electron chi connectivity index (χ3n) is 2.16. The standard InChI is InChI=1S/C11H9F2NO5/c12-6-2-1-5(3-7(6)13)10(17)14-8(11(18)19)4-9(15)16/h1-3,8H,4H2,(H,14,17)(H,15,16)(H,18,19)/t8-/m0/s1. The van der Waals surface area contributed by atoms with Gasteiger partial charge in [-0.2, -0.15) is 0 Å². The molecule has 0 saturated carbocycles. The lowest BCUT2D eigenvalue weighted by molar-refractivity contribution is -0.145. The van der Waals surface area contributed by atoms with Crippen LogP contribution in [0.5, 0.6) is 0 Å². The maximum Gasteiger partial charge on any atom is 0.326 e. The Kier molecular flexibility index (Phi) is 4.51. The van der Waals surface area contributed by atoms with E-state index in [-0.39, 0.29) is 5.56 Å². The summed E-state index contributed by atoms with van der Waals surface area (Å²) in [6.45, 7) is 0. The molecule has 1 aromatic rings. The molecule has 0 aliphatic rings. The molecule has 1 rings (SSSR count). The molecule has 0 aromatic heterocycles. The van der Waals surface area contributed by atoms with Crippen LogP contribution in [0.15, 0.2) is 18.2 Å². The van der Waals surface area contributed by atoms with Crippen molar-refractivity contribution >= 4 is 17.8 Å². The third kappa shape index (κ3) is 4.02. The molecule has 6 nitrogen and oxygen atoms in total. The van der Waals surface area contributed by atoms with E-state index in [1.54, 1.807) is 0 Å². The first-order valence-corrected chi connectivity index (χ1v) is 5.01. The van der Waals surface area contributed by atoms with Gasteiger partial charge in [0.15, 0.2) is 11.6 Å². The lowest BCUT2D eigenvalue weighted by Gasteiger charge is -2.12. The van der Waals surface area contributed by atoms with Gasteiger partial charge in [-0.1, -0.05) is 0 Å². The Hall–Kier alpha value is -2.51. The molecule has 102 valence electrons. The van der Waals surface area contributed by atoms with Gasteiger partial charge in [-0.15, -0.1) is 0 Å². The number of carboxylic acid groups (broad SMARTS) is 2. The van der Waals surface area contributed by atoms with Gasteiger partial charge in [0, 0.05) is 5.56 Å². The monoisotopic (exact) mass is 273 g/mol. The second-order valence-corrected chi connectivity index (χ2v) is 3.59. The molecule has 0 saturated heterocycles. The van der Waals surface area contributed by atoms with Crippen LogP contribution in [0.2, 0.25) is 0 Å². The van der Waals surface area contributed by atoms with Crippen molar-refractivity contribution in [3.05, 3.63) is 35.4 Å². The van der Waals surface area contributed by atoms with Gasteiger partial charge in [0.05, 0.1) is 6.42 Å². The summed E-state index contributed by atoms with van der Waals surface area (Å²) in [5.74, 6) is -6.39. The molecule has 8 heteroatoms. The van der Waals surface area contributed by atoms with Gasteiger partial charge in [0.25, 0.3) is 5.91 Å². The molecular formula is C11H9F2NO5.